The zero-order valence-electron chi connectivity index (χ0n) is 71.3. The maximum atomic E-state index is 13.2. The minimum atomic E-state index is -4.97. The largest absolute Gasteiger partial charge is 0.472 e. The molecule has 0 rings (SSSR count). The van der Waals surface area contributed by atoms with Crippen LogP contribution in [-0.2, 0) is 65.4 Å². The van der Waals surface area contributed by atoms with Gasteiger partial charge in [0.05, 0.1) is 26.4 Å². The molecule has 19 heteroatoms. The number of aliphatic hydroxyl groups excluding tert-OH is 1. The van der Waals surface area contributed by atoms with E-state index >= 15 is 0 Å². The highest BCUT2D eigenvalue weighted by Gasteiger charge is 2.31. The van der Waals surface area contributed by atoms with E-state index in [2.05, 4.69) is 48.5 Å². The van der Waals surface area contributed by atoms with Gasteiger partial charge in [-0.3, -0.25) is 37.3 Å². The monoisotopic (exact) mass is 1580 g/mol. The summed E-state index contributed by atoms with van der Waals surface area (Å²) >= 11 is 0. The van der Waals surface area contributed by atoms with Gasteiger partial charge in [-0.25, -0.2) is 9.13 Å². The first-order valence-corrected chi connectivity index (χ1v) is 48.9. The fourth-order valence-corrected chi connectivity index (χ4v) is 15.4. The van der Waals surface area contributed by atoms with Gasteiger partial charge >= 0.3 is 39.5 Å². The van der Waals surface area contributed by atoms with Crippen LogP contribution < -0.4 is 0 Å². The van der Waals surface area contributed by atoms with Crippen molar-refractivity contribution in [1.29, 1.82) is 0 Å². The summed E-state index contributed by atoms with van der Waals surface area (Å²) < 4.78 is 69.0. The summed E-state index contributed by atoms with van der Waals surface area (Å²) in [6.07, 6.45) is 70.9. The summed E-state index contributed by atoms with van der Waals surface area (Å²) in [6, 6.07) is 0. The molecule has 0 radical (unpaired) electrons. The summed E-state index contributed by atoms with van der Waals surface area (Å²) in [7, 11) is -9.93. The summed E-state index contributed by atoms with van der Waals surface area (Å²) in [4.78, 5) is 73.3. The van der Waals surface area contributed by atoms with Crippen molar-refractivity contribution in [3.63, 3.8) is 0 Å². The molecule has 3 N–H and O–H groups in total. The molecule has 0 aliphatic rings. The van der Waals surface area contributed by atoms with Crippen molar-refractivity contribution in [2.75, 3.05) is 39.6 Å². The molecule has 0 aromatic rings. The van der Waals surface area contributed by atoms with Gasteiger partial charge < -0.3 is 33.8 Å². The second-order valence-corrected chi connectivity index (χ2v) is 35.9. The summed E-state index contributed by atoms with van der Waals surface area (Å²) in [5.41, 5.74) is 0. The first-order valence-electron chi connectivity index (χ1n) is 45.9. The van der Waals surface area contributed by atoms with Crippen LogP contribution in [0.2, 0.25) is 0 Å². The van der Waals surface area contributed by atoms with Crippen molar-refractivity contribution in [2.45, 2.75) is 491 Å². The number of phosphoric ester groups is 2. The lowest BCUT2D eigenvalue weighted by Gasteiger charge is -2.21. The quantitative estimate of drug-likeness (QED) is 0.0222. The summed E-state index contributed by atoms with van der Waals surface area (Å²) in [6.45, 7) is 12.0. The Labute approximate surface area is 664 Å². The fourth-order valence-electron chi connectivity index (χ4n) is 13.8. The van der Waals surface area contributed by atoms with E-state index in [4.69, 9.17) is 37.0 Å². The highest BCUT2D eigenvalue weighted by molar-refractivity contribution is 7.47. The van der Waals surface area contributed by atoms with E-state index in [0.29, 0.717) is 25.7 Å². The second-order valence-electron chi connectivity index (χ2n) is 32.9. The molecular weight excluding hydrogens is 1400 g/mol. The molecule has 0 saturated carbocycles. The smallest absolute Gasteiger partial charge is 0.462 e. The number of hydrogen-bond acceptors (Lipinski definition) is 15. The van der Waals surface area contributed by atoms with Crippen LogP contribution in [0.15, 0.2) is 0 Å². The predicted octanol–water partition coefficient (Wildman–Crippen LogP) is 27.3. The summed E-state index contributed by atoms with van der Waals surface area (Å²) in [5.74, 6) is 0.286. The van der Waals surface area contributed by atoms with Crippen LogP contribution in [0.5, 0.6) is 0 Å². The molecule has 108 heavy (non-hydrogen) atoms. The molecule has 4 unspecified atom stereocenters. The second kappa shape index (κ2) is 78.9. The fraction of sp³-hybridized carbons (Fsp3) is 0.955. The first-order chi connectivity index (χ1) is 52.3. The molecule has 17 nitrogen and oxygen atoms in total. The molecule has 7 atom stereocenters. The van der Waals surface area contributed by atoms with E-state index in [-0.39, 0.29) is 25.7 Å². The van der Waals surface area contributed by atoms with E-state index in [1.165, 1.54) is 276 Å². The van der Waals surface area contributed by atoms with Crippen molar-refractivity contribution in [2.24, 2.45) is 17.8 Å². The Morgan fingerprint density at radius 3 is 0.704 bits per heavy atom. The van der Waals surface area contributed by atoms with Gasteiger partial charge in [0, 0.05) is 25.7 Å². The minimum Gasteiger partial charge on any atom is -0.462 e. The first kappa shape index (κ1) is 106. The third-order valence-corrected chi connectivity index (χ3v) is 23.5. The Hall–Kier alpha value is -1.94. The van der Waals surface area contributed by atoms with Gasteiger partial charge in [0.15, 0.2) is 12.2 Å². The average molecular weight is 1580 g/mol. The van der Waals surface area contributed by atoms with Crippen molar-refractivity contribution < 1.29 is 80.2 Å². The van der Waals surface area contributed by atoms with E-state index in [0.717, 1.165) is 114 Å². The van der Waals surface area contributed by atoms with Crippen LogP contribution in [0, 0.1) is 17.8 Å². The Bertz CT molecular complexity index is 2080. The number of hydrogen-bond donors (Lipinski definition) is 3. The molecule has 0 aromatic carbocycles. The molecule has 642 valence electrons. The molecule has 0 fully saturated rings. The van der Waals surface area contributed by atoms with E-state index < -0.39 is 97.5 Å². The molecule has 0 aliphatic heterocycles. The van der Waals surface area contributed by atoms with Gasteiger partial charge in [-0.15, -0.1) is 0 Å². The van der Waals surface area contributed by atoms with Crippen LogP contribution in [-0.4, -0.2) is 96.7 Å². The van der Waals surface area contributed by atoms with Crippen molar-refractivity contribution in [1.82, 2.24) is 0 Å². The number of unbranched alkanes of at least 4 members (excludes halogenated alkanes) is 53. The Balaban J connectivity index is 5.23. The van der Waals surface area contributed by atoms with Gasteiger partial charge in [0.2, 0.25) is 0 Å². The van der Waals surface area contributed by atoms with E-state index in [1.807, 2.05) is 0 Å². The molecule has 0 amide bonds. The van der Waals surface area contributed by atoms with Crippen molar-refractivity contribution in [3.05, 3.63) is 0 Å². The summed E-state index contributed by atoms with van der Waals surface area (Å²) in [5, 5.41) is 10.7. The van der Waals surface area contributed by atoms with Crippen LogP contribution >= 0.6 is 15.6 Å². The van der Waals surface area contributed by atoms with Gasteiger partial charge in [0.25, 0.3) is 0 Å². The zero-order valence-corrected chi connectivity index (χ0v) is 73.1. The average Bonchev–Trinajstić information content (AvgIpc) is 0.896. The lowest BCUT2D eigenvalue weighted by molar-refractivity contribution is -0.161. The standard InChI is InChI=1S/C89H174O17P2/c1-8-11-12-13-14-15-16-17-18-19-20-21-22-23-28-34-39-44-49-58-65-72-88(93)105-84(76-99-86(91)70-63-56-48-43-38-33-27-25-24-26-31-36-41-46-53-60-67-80(4)5)78-103-107(95,96)101-74-83(90)75-102-108(97,98)104-79-85(77-100-87(92)71-64-57-52-51-55-62-69-82(7)10-3)106-89(94)73-66-59-50-45-40-35-30-29-32-37-42-47-54-61-68-81(6)9-2/h80-85,90H,8-79H2,1-7H3,(H,95,96)(H,97,98)/t81?,82?,83-,84-,85-/m1/s1. The van der Waals surface area contributed by atoms with Crippen molar-refractivity contribution >= 4 is 39.5 Å². The lowest BCUT2D eigenvalue weighted by Crippen LogP contribution is -2.30. The lowest BCUT2D eigenvalue weighted by atomic mass is 9.99. The normalized spacial score (nSPS) is 14.3. The highest BCUT2D eigenvalue weighted by atomic mass is 31.2. The van der Waals surface area contributed by atoms with Gasteiger partial charge in [-0.1, -0.05) is 421 Å². The highest BCUT2D eigenvalue weighted by Crippen LogP contribution is 2.45. The SMILES string of the molecule is CCCCCCCCCCCCCCCCCCCCCCCC(=O)O[C@H](COC(=O)CCCCCCCCCCCCCCCCCCC(C)C)COP(=O)(O)OC[C@@H](O)COP(=O)(O)OC[C@@H](COC(=O)CCCCCCCCC(C)CC)OC(=O)CCCCCCCCCCCCCCCCC(C)CC. The van der Waals surface area contributed by atoms with Crippen LogP contribution in [0.1, 0.15) is 472 Å². The number of rotatable bonds is 87. The third kappa shape index (κ3) is 79.3. The Morgan fingerprint density at radius 2 is 0.472 bits per heavy atom. The van der Waals surface area contributed by atoms with E-state index in [1.54, 1.807) is 0 Å². The molecule has 0 spiro atoms. The van der Waals surface area contributed by atoms with Gasteiger partial charge in [0.1, 0.15) is 19.3 Å². The van der Waals surface area contributed by atoms with Gasteiger partial charge in [-0.2, -0.15) is 0 Å². The maximum Gasteiger partial charge on any atom is 0.472 e. The predicted molar refractivity (Wildman–Crippen MR) is 446 cm³/mol. The van der Waals surface area contributed by atoms with Crippen LogP contribution in [0.4, 0.5) is 0 Å². The number of carbonyl (C=O) groups excluding carboxylic acids is 4. The van der Waals surface area contributed by atoms with Crippen molar-refractivity contribution in [3.8, 4) is 0 Å². The third-order valence-electron chi connectivity index (χ3n) is 21.6. The number of aliphatic hydroxyl groups is 1. The Kier molecular flexibility index (Phi) is 77.5. The molecule has 0 heterocycles. The molecule has 0 bridgehead atoms. The molecule has 0 saturated heterocycles. The number of esters is 4. The molecule has 0 aromatic heterocycles. The van der Waals surface area contributed by atoms with Crippen LogP contribution in [0.25, 0.3) is 0 Å². The van der Waals surface area contributed by atoms with Crippen LogP contribution in [0.3, 0.4) is 0 Å². The maximum absolute atomic E-state index is 13.2. The number of phosphoric acid groups is 2. The number of carbonyl (C=O) groups is 4. The topological polar surface area (TPSA) is 237 Å². The molecular formula is C89H174O17P2. The Morgan fingerprint density at radius 1 is 0.269 bits per heavy atom. The zero-order chi connectivity index (χ0) is 79.3. The molecule has 0 aliphatic carbocycles. The minimum absolute atomic E-state index is 0.107. The van der Waals surface area contributed by atoms with E-state index in [9.17, 15) is 43.2 Å². The number of ether oxygens (including phenoxy) is 4. The van der Waals surface area contributed by atoms with Gasteiger partial charge in [-0.05, 0) is 43.4 Å².